The molecule has 5 rings (SSSR count). The Labute approximate surface area is 191 Å². The number of nitrogens with zero attached hydrogens (tertiary/aromatic N) is 2. The molecule has 7 nitrogen and oxygen atoms in total. The summed E-state index contributed by atoms with van der Waals surface area (Å²) >= 11 is 0. The van der Waals surface area contributed by atoms with E-state index in [-0.39, 0.29) is 24.6 Å². The number of carbonyl (C=O) groups excluding carboxylic acids is 1. The lowest BCUT2D eigenvalue weighted by Crippen LogP contribution is -3.15. The second kappa shape index (κ2) is 9.46. The molecule has 0 spiro atoms. The van der Waals surface area contributed by atoms with Crippen LogP contribution in [0.15, 0.2) is 67.0 Å². The fraction of sp³-hybridized carbons (Fsp3) is 0.280. The molecule has 1 fully saturated rings. The minimum Gasteiger partial charge on any atom is -0.454 e. The second-order valence-corrected chi connectivity index (χ2v) is 8.24. The first-order valence-electron chi connectivity index (χ1n) is 11.1. The Bertz CT molecular complexity index is 1100. The van der Waals surface area contributed by atoms with Crippen LogP contribution >= 0.6 is 0 Å². The van der Waals surface area contributed by atoms with E-state index in [1.54, 1.807) is 24.4 Å². The third kappa shape index (κ3) is 4.75. The maximum Gasteiger partial charge on any atom is 0.251 e. The second-order valence-electron chi connectivity index (χ2n) is 8.24. The van der Waals surface area contributed by atoms with Crippen LogP contribution in [0.4, 0.5) is 10.1 Å². The lowest BCUT2D eigenvalue weighted by atomic mass is 10.1. The van der Waals surface area contributed by atoms with Crippen molar-refractivity contribution in [2.75, 3.05) is 44.4 Å². The molecule has 1 unspecified atom stereocenters. The summed E-state index contributed by atoms with van der Waals surface area (Å²) < 4.78 is 24.0. The number of hydrogen-bond acceptors (Lipinski definition) is 5. The monoisotopic (exact) mass is 449 g/mol. The van der Waals surface area contributed by atoms with E-state index in [0.29, 0.717) is 23.6 Å². The van der Waals surface area contributed by atoms with Gasteiger partial charge in [0.25, 0.3) is 5.91 Å². The van der Waals surface area contributed by atoms with Crippen LogP contribution in [0.3, 0.4) is 0 Å². The van der Waals surface area contributed by atoms with Crippen LogP contribution in [0.5, 0.6) is 11.5 Å². The molecule has 2 aliphatic rings. The summed E-state index contributed by atoms with van der Waals surface area (Å²) in [7, 11) is 0. The molecule has 0 bridgehead atoms. The predicted octanol–water partition coefficient (Wildman–Crippen LogP) is 1.83. The SMILES string of the molecule is O=C(NCC(c1cccnc1)[NH+]1CCN(c2ccc(F)cc2)CC1)c1ccc2c(c1)OCO2. The fourth-order valence-corrected chi connectivity index (χ4v) is 4.47. The Morgan fingerprint density at radius 2 is 1.88 bits per heavy atom. The number of nitrogens with one attached hydrogen (secondary N) is 2. The average Bonchev–Trinajstić information content (AvgIpc) is 3.34. The van der Waals surface area contributed by atoms with Gasteiger partial charge in [0.15, 0.2) is 11.5 Å². The Kier molecular flexibility index (Phi) is 6.08. The molecule has 2 aromatic carbocycles. The van der Waals surface area contributed by atoms with Crippen LogP contribution in [-0.4, -0.2) is 50.4 Å². The highest BCUT2D eigenvalue weighted by molar-refractivity contribution is 5.94. The van der Waals surface area contributed by atoms with Crippen molar-refractivity contribution in [2.45, 2.75) is 6.04 Å². The fourth-order valence-electron chi connectivity index (χ4n) is 4.47. The van der Waals surface area contributed by atoms with E-state index in [0.717, 1.165) is 37.4 Å². The van der Waals surface area contributed by atoms with Crippen molar-refractivity contribution in [3.8, 4) is 11.5 Å². The summed E-state index contributed by atoms with van der Waals surface area (Å²) in [6.07, 6.45) is 3.63. The number of pyridine rings is 1. The number of halogens is 1. The first-order valence-corrected chi connectivity index (χ1v) is 11.1. The molecule has 0 saturated carbocycles. The maximum absolute atomic E-state index is 13.3. The van der Waals surface area contributed by atoms with Gasteiger partial charge in [-0.3, -0.25) is 9.78 Å². The minimum atomic E-state index is -0.224. The molecule has 0 radical (unpaired) electrons. The number of carbonyl (C=O) groups is 1. The van der Waals surface area contributed by atoms with Crippen molar-refractivity contribution < 1.29 is 23.6 Å². The Balaban J connectivity index is 1.26. The average molecular weight is 450 g/mol. The number of anilines is 1. The summed E-state index contributed by atoms with van der Waals surface area (Å²) in [4.78, 5) is 20.8. The zero-order valence-corrected chi connectivity index (χ0v) is 18.2. The molecule has 1 saturated heterocycles. The molecule has 1 atom stereocenters. The van der Waals surface area contributed by atoms with Gasteiger partial charge < -0.3 is 24.6 Å². The van der Waals surface area contributed by atoms with Crippen molar-refractivity contribution in [1.29, 1.82) is 0 Å². The first kappa shape index (κ1) is 21.2. The molecular weight excluding hydrogens is 423 g/mol. The van der Waals surface area contributed by atoms with Crippen LogP contribution in [0.1, 0.15) is 22.0 Å². The van der Waals surface area contributed by atoms with E-state index >= 15 is 0 Å². The Hall–Kier alpha value is -3.65. The van der Waals surface area contributed by atoms with Gasteiger partial charge >= 0.3 is 0 Å². The summed E-state index contributed by atoms with van der Waals surface area (Å²) in [5, 5.41) is 3.10. The van der Waals surface area contributed by atoms with Crippen LogP contribution in [-0.2, 0) is 0 Å². The van der Waals surface area contributed by atoms with Gasteiger partial charge in [-0.25, -0.2) is 4.39 Å². The first-order chi connectivity index (χ1) is 16.2. The molecule has 3 aromatic rings. The molecule has 1 amide bonds. The lowest BCUT2D eigenvalue weighted by Gasteiger charge is -2.37. The third-order valence-electron chi connectivity index (χ3n) is 6.28. The van der Waals surface area contributed by atoms with Crippen LogP contribution in [0, 0.1) is 5.82 Å². The minimum absolute atomic E-state index is 0.0760. The molecule has 1 aromatic heterocycles. The van der Waals surface area contributed by atoms with E-state index in [1.165, 1.54) is 17.0 Å². The lowest BCUT2D eigenvalue weighted by molar-refractivity contribution is -0.931. The van der Waals surface area contributed by atoms with Gasteiger partial charge in [0.1, 0.15) is 11.9 Å². The van der Waals surface area contributed by atoms with Gasteiger partial charge in [0.2, 0.25) is 6.79 Å². The van der Waals surface area contributed by atoms with Gasteiger partial charge in [-0.1, -0.05) is 0 Å². The predicted molar refractivity (Wildman–Crippen MR) is 121 cm³/mol. The zero-order chi connectivity index (χ0) is 22.6. The van der Waals surface area contributed by atoms with Gasteiger partial charge in [-0.2, -0.15) is 0 Å². The number of aromatic nitrogens is 1. The maximum atomic E-state index is 13.3. The van der Waals surface area contributed by atoms with E-state index in [2.05, 4.69) is 21.3 Å². The normalized spacial score (nSPS) is 16.5. The molecule has 3 heterocycles. The number of quaternary nitrogens is 1. The number of amides is 1. The highest BCUT2D eigenvalue weighted by Crippen LogP contribution is 2.32. The number of benzene rings is 2. The molecule has 33 heavy (non-hydrogen) atoms. The summed E-state index contributed by atoms with van der Waals surface area (Å²) in [6.45, 7) is 4.18. The van der Waals surface area contributed by atoms with E-state index < -0.39 is 0 Å². The number of fused-ring (bicyclic) bond motifs is 1. The zero-order valence-electron chi connectivity index (χ0n) is 18.2. The molecule has 170 valence electrons. The quantitative estimate of drug-likeness (QED) is 0.601. The van der Waals surface area contributed by atoms with E-state index in [4.69, 9.17) is 9.47 Å². The van der Waals surface area contributed by atoms with Crippen LogP contribution in [0.2, 0.25) is 0 Å². The largest absolute Gasteiger partial charge is 0.454 e. The molecule has 0 aliphatic carbocycles. The van der Waals surface area contributed by atoms with Crippen LogP contribution in [0.25, 0.3) is 0 Å². The third-order valence-corrected chi connectivity index (χ3v) is 6.28. The van der Waals surface area contributed by atoms with Crippen molar-refractivity contribution in [1.82, 2.24) is 10.3 Å². The topological polar surface area (TPSA) is 68.1 Å². The standard InChI is InChI=1S/C25H25FN4O3/c26-20-4-6-21(7-5-20)29-10-12-30(13-11-29)22(19-2-1-9-27-15-19)16-28-25(31)18-3-8-23-24(14-18)33-17-32-23/h1-9,14-15,22H,10-13,16-17H2,(H,28,31)/p+1. The number of ether oxygens (including phenoxy) is 2. The summed E-state index contributed by atoms with van der Waals surface area (Å²) in [5.41, 5.74) is 2.67. The highest BCUT2D eigenvalue weighted by atomic mass is 19.1. The van der Waals surface area contributed by atoms with Gasteiger partial charge in [0.05, 0.1) is 32.7 Å². The summed E-state index contributed by atoms with van der Waals surface area (Å²) in [5.74, 6) is 0.877. The van der Waals surface area contributed by atoms with Crippen LogP contribution < -0.4 is 24.6 Å². The molecule has 2 aliphatic heterocycles. The highest BCUT2D eigenvalue weighted by Gasteiger charge is 2.29. The van der Waals surface area contributed by atoms with Crippen molar-refractivity contribution >= 4 is 11.6 Å². The van der Waals surface area contributed by atoms with E-state index in [9.17, 15) is 9.18 Å². The van der Waals surface area contributed by atoms with Crippen molar-refractivity contribution in [2.24, 2.45) is 0 Å². The number of hydrogen-bond donors (Lipinski definition) is 2. The summed E-state index contributed by atoms with van der Waals surface area (Å²) in [6, 6.07) is 15.9. The van der Waals surface area contributed by atoms with Crippen molar-refractivity contribution in [3.05, 3.63) is 83.9 Å². The number of rotatable bonds is 6. The number of piperazine rings is 1. The molecule has 2 N–H and O–H groups in total. The Morgan fingerprint density at radius 1 is 1.09 bits per heavy atom. The van der Waals surface area contributed by atoms with Crippen molar-refractivity contribution in [3.63, 3.8) is 0 Å². The Morgan fingerprint density at radius 3 is 2.64 bits per heavy atom. The van der Waals surface area contributed by atoms with Gasteiger partial charge in [-0.05, 0) is 54.6 Å². The van der Waals surface area contributed by atoms with E-state index in [1.807, 2.05) is 24.4 Å². The molecule has 8 heteroatoms. The molecular formula is C25H26FN4O3+. The van der Waals surface area contributed by atoms with Gasteiger partial charge in [0, 0.05) is 29.2 Å². The van der Waals surface area contributed by atoms with Gasteiger partial charge in [-0.15, -0.1) is 0 Å². The smallest absolute Gasteiger partial charge is 0.251 e.